The molecule has 0 fully saturated rings. The van der Waals surface area contributed by atoms with Crippen molar-refractivity contribution in [3.8, 4) is 11.3 Å². The van der Waals surface area contributed by atoms with Crippen molar-refractivity contribution in [2.45, 2.75) is 13.3 Å². The van der Waals surface area contributed by atoms with E-state index in [0.29, 0.717) is 23.1 Å². The Labute approximate surface area is 194 Å². The third-order valence-corrected chi connectivity index (χ3v) is 6.65. The molecule has 0 amide bonds. The van der Waals surface area contributed by atoms with Gasteiger partial charge < -0.3 is 0 Å². The van der Waals surface area contributed by atoms with Crippen molar-refractivity contribution >= 4 is 44.1 Å². The summed E-state index contributed by atoms with van der Waals surface area (Å²) in [6.45, 7) is 1.69. The van der Waals surface area contributed by atoms with Crippen molar-refractivity contribution in [3.05, 3.63) is 70.9 Å². The number of nitrogens with one attached hydrogen (secondary N) is 1. The highest BCUT2D eigenvalue weighted by molar-refractivity contribution is 7.92. The van der Waals surface area contributed by atoms with Crippen LogP contribution < -0.4 is 4.72 Å². The van der Waals surface area contributed by atoms with Gasteiger partial charge in [-0.1, -0.05) is 18.5 Å². The van der Waals surface area contributed by atoms with Gasteiger partial charge in [0.25, 0.3) is 0 Å². The van der Waals surface area contributed by atoms with E-state index >= 15 is 4.39 Å². The van der Waals surface area contributed by atoms with Crippen LogP contribution in [0.15, 0.2) is 48.9 Å². The number of sulfonamides is 1. The molecule has 0 unspecified atom stereocenters. The van der Waals surface area contributed by atoms with Crippen LogP contribution in [-0.2, 0) is 17.1 Å². The summed E-state index contributed by atoms with van der Waals surface area (Å²) >= 11 is 6.13. The second-order valence-corrected chi connectivity index (χ2v) is 9.64. The monoisotopic (exact) mass is 487 g/mol. The molecular formula is C22H19ClFN5O3S. The second kappa shape index (κ2) is 8.87. The molecule has 33 heavy (non-hydrogen) atoms. The maximum absolute atomic E-state index is 15.2. The Morgan fingerprint density at radius 1 is 1.18 bits per heavy atom. The lowest BCUT2D eigenvalue weighted by molar-refractivity contribution is 0.103. The molecule has 0 saturated heterocycles. The SMILES string of the molecule is CCCS(=O)(=O)Nc1ccc(Cl)c(C(=O)c2ccc3ncc(-c4cnn(C)c4)nc3c2)c1F. The summed E-state index contributed by atoms with van der Waals surface area (Å²) in [7, 11) is -1.97. The van der Waals surface area contributed by atoms with Crippen molar-refractivity contribution < 1.29 is 17.6 Å². The number of carbonyl (C=O) groups excluding carboxylic acids is 1. The molecule has 2 aromatic heterocycles. The Balaban J connectivity index is 1.74. The maximum atomic E-state index is 15.2. The van der Waals surface area contributed by atoms with Crippen LogP contribution in [0.4, 0.5) is 10.1 Å². The number of rotatable bonds is 7. The summed E-state index contributed by atoms with van der Waals surface area (Å²) in [5, 5.41) is 3.98. The molecule has 0 aliphatic heterocycles. The summed E-state index contributed by atoms with van der Waals surface area (Å²) in [5.41, 5.74) is 1.67. The Morgan fingerprint density at radius 2 is 1.97 bits per heavy atom. The highest BCUT2D eigenvalue weighted by atomic mass is 35.5. The van der Waals surface area contributed by atoms with Crippen molar-refractivity contribution in [1.82, 2.24) is 19.7 Å². The second-order valence-electron chi connectivity index (χ2n) is 7.40. The molecule has 0 saturated carbocycles. The van der Waals surface area contributed by atoms with Gasteiger partial charge in [-0.05, 0) is 36.8 Å². The van der Waals surface area contributed by atoms with Crippen LogP contribution in [0.1, 0.15) is 29.3 Å². The van der Waals surface area contributed by atoms with Gasteiger partial charge in [-0.3, -0.25) is 19.2 Å². The molecule has 2 aromatic carbocycles. The molecule has 4 rings (SSSR count). The summed E-state index contributed by atoms with van der Waals surface area (Å²) in [5.74, 6) is -1.92. The van der Waals surface area contributed by atoms with Crippen LogP contribution in [0.5, 0.6) is 0 Å². The molecule has 0 radical (unpaired) electrons. The minimum atomic E-state index is -3.75. The first-order valence-corrected chi connectivity index (χ1v) is 12.0. The molecule has 0 bridgehead atoms. The lowest BCUT2D eigenvalue weighted by atomic mass is 10.0. The Bertz CT molecular complexity index is 1490. The summed E-state index contributed by atoms with van der Waals surface area (Å²) in [6, 6.07) is 7.06. The molecule has 0 aliphatic rings. The quantitative estimate of drug-likeness (QED) is 0.391. The fourth-order valence-electron chi connectivity index (χ4n) is 3.32. The van der Waals surface area contributed by atoms with E-state index in [4.69, 9.17) is 11.6 Å². The van der Waals surface area contributed by atoms with E-state index in [-0.39, 0.29) is 22.0 Å². The predicted octanol–water partition coefficient (Wildman–Crippen LogP) is 4.21. The summed E-state index contributed by atoms with van der Waals surface area (Å²) in [6.07, 6.45) is 5.38. The molecule has 0 atom stereocenters. The molecule has 11 heteroatoms. The van der Waals surface area contributed by atoms with Crippen LogP contribution >= 0.6 is 11.6 Å². The number of aryl methyl sites for hydroxylation is 1. The smallest absolute Gasteiger partial charge is 0.232 e. The third-order valence-electron chi connectivity index (χ3n) is 4.86. The van der Waals surface area contributed by atoms with E-state index in [9.17, 15) is 13.2 Å². The van der Waals surface area contributed by atoms with Crippen LogP contribution in [0, 0.1) is 5.82 Å². The van der Waals surface area contributed by atoms with Crippen LogP contribution in [-0.4, -0.2) is 39.7 Å². The fraction of sp³-hybridized carbons (Fsp3) is 0.182. The number of aromatic nitrogens is 4. The van der Waals surface area contributed by atoms with E-state index in [2.05, 4.69) is 19.8 Å². The van der Waals surface area contributed by atoms with Crippen molar-refractivity contribution in [3.63, 3.8) is 0 Å². The molecule has 0 spiro atoms. The Morgan fingerprint density at radius 3 is 2.67 bits per heavy atom. The minimum Gasteiger partial charge on any atom is -0.288 e. The zero-order valence-electron chi connectivity index (χ0n) is 17.7. The standard InChI is InChI=1S/C22H19ClFN5O3S/c1-3-8-33(31,32)28-17-7-5-15(23)20(21(17)24)22(30)13-4-6-16-18(9-13)27-19(11-25-16)14-10-26-29(2)12-14/h4-7,9-12,28H,3,8H2,1-2H3. The lowest BCUT2D eigenvalue weighted by Crippen LogP contribution is -2.18. The van der Waals surface area contributed by atoms with Crippen molar-refractivity contribution in [1.29, 1.82) is 0 Å². The molecule has 170 valence electrons. The lowest BCUT2D eigenvalue weighted by Gasteiger charge is -2.12. The van der Waals surface area contributed by atoms with E-state index in [1.165, 1.54) is 24.3 Å². The number of fused-ring (bicyclic) bond motifs is 1. The first-order valence-electron chi connectivity index (χ1n) is 9.97. The van der Waals surface area contributed by atoms with Gasteiger partial charge in [0.05, 0.1) is 51.1 Å². The van der Waals surface area contributed by atoms with Crippen molar-refractivity contribution in [2.75, 3.05) is 10.5 Å². The molecule has 0 aliphatic carbocycles. The zero-order chi connectivity index (χ0) is 23.8. The third kappa shape index (κ3) is 4.71. The number of hydrogen-bond donors (Lipinski definition) is 1. The number of halogens is 2. The number of carbonyl (C=O) groups is 1. The minimum absolute atomic E-state index is 0.133. The Hall–Kier alpha value is -3.37. The molecular weight excluding hydrogens is 469 g/mol. The van der Waals surface area contributed by atoms with Gasteiger partial charge in [0.2, 0.25) is 10.0 Å². The largest absolute Gasteiger partial charge is 0.288 e. The highest BCUT2D eigenvalue weighted by Crippen LogP contribution is 2.29. The maximum Gasteiger partial charge on any atom is 0.232 e. The van der Waals surface area contributed by atoms with Crippen molar-refractivity contribution in [2.24, 2.45) is 7.05 Å². The molecule has 8 nitrogen and oxygen atoms in total. The highest BCUT2D eigenvalue weighted by Gasteiger charge is 2.23. The van der Waals surface area contributed by atoms with Gasteiger partial charge >= 0.3 is 0 Å². The molecule has 4 aromatic rings. The van der Waals surface area contributed by atoms with Crippen LogP contribution in [0.25, 0.3) is 22.3 Å². The average Bonchev–Trinajstić information content (AvgIpc) is 3.21. The normalized spacial score (nSPS) is 11.6. The number of ketones is 1. The first-order chi connectivity index (χ1) is 15.7. The summed E-state index contributed by atoms with van der Waals surface area (Å²) < 4.78 is 43.1. The van der Waals surface area contributed by atoms with Gasteiger partial charge in [-0.2, -0.15) is 5.10 Å². The van der Waals surface area contributed by atoms with Gasteiger partial charge in [-0.25, -0.2) is 17.8 Å². The van der Waals surface area contributed by atoms with E-state index in [1.54, 1.807) is 43.3 Å². The van der Waals surface area contributed by atoms with Crippen LogP contribution in [0.2, 0.25) is 5.02 Å². The average molecular weight is 488 g/mol. The van der Waals surface area contributed by atoms with Gasteiger partial charge in [0.1, 0.15) is 0 Å². The number of anilines is 1. The number of nitrogens with zero attached hydrogens (tertiary/aromatic N) is 4. The zero-order valence-corrected chi connectivity index (χ0v) is 19.3. The van der Waals surface area contributed by atoms with Crippen LogP contribution in [0.3, 0.4) is 0 Å². The molecule has 2 heterocycles. The molecule has 1 N–H and O–H groups in total. The van der Waals surface area contributed by atoms with E-state index in [0.717, 1.165) is 5.56 Å². The van der Waals surface area contributed by atoms with Gasteiger partial charge in [0.15, 0.2) is 11.6 Å². The van der Waals surface area contributed by atoms with Gasteiger partial charge in [0, 0.05) is 24.4 Å². The van der Waals surface area contributed by atoms with E-state index in [1.807, 2.05) is 0 Å². The van der Waals surface area contributed by atoms with E-state index < -0.39 is 27.2 Å². The summed E-state index contributed by atoms with van der Waals surface area (Å²) in [4.78, 5) is 22.1. The predicted molar refractivity (Wildman–Crippen MR) is 124 cm³/mol. The topological polar surface area (TPSA) is 107 Å². The first kappa shape index (κ1) is 22.8. The number of hydrogen-bond acceptors (Lipinski definition) is 6. The number of benzene rings is 2. The van der Waals surface area contributed by atoms with Gasteiger partial charge in [-0.15, -0.1) is 0 Å². The fourth-order valence-corrected chi connectivity index (χ4v) is 4.68. The Kier molecular flexibility index (Phi) is 6.13.